The van der Waals surface area contributed by atoms with Crippen LogP contribution in [0.15, 0.2) is 35.7 Å². The monoisotopic (exact) mass is 367 g/mol. The van der Waals surface area contributed by atoms with Gasteiger partial charge in [-0.3, -0.25) is 9.59 Å². The number of methoxy groups -OCH3 is 1. The van der Waals surface area contributed by atoms with Crippen LogP contribution in [-0.4, -0.2) is 25.1 Å². The van der Waals surface area contributed by atoms with Gasteiger partial charge in [0.2, 0.25) is 0 Å². The van der Waals surface area contributed by atoms with Crippen molar-refractivity contribution in [1.29, 1.82) is 0 Å². The predicted octanol–water partition coefficient (Wildman–Crippen LogP) is 3.20. The summed E-state index contributed by atoms with van der Waals surface area (Å²) in [5.74, 6) is -0.310. The zero-order chi connectivity index (χ0) is 17.5. The fourth-order valence-electron chi connectivity index (χ4n) is 2.06. The van der Waals surface area contributed by atoms with E-state index in [1.54, 1.807) is 29.5 Å². The van der Waals surface area contributed by atoms with Crippen LogP contribution in [-0.2, 0) is 27.3 Å². The number of carbonyl (C=O) groups is 2. The second kappa shape index (κ2) is 8.70. The highest BCUT2D eigenvalue weighted by Gasteiger charge is 2.19. The van der Waals surface area contributed by atoms with E-state index in [4.69, 9.17) is 21.1 Å². The Labute approximate surface area is 149 Å². The lowest BCUT2D eigenvalue weighted by Gasteiger charge is -2.14. The molecule has 0 spiro atoms. The molecule has 1 aromatic carbocycles. The number of hydrogen-bond acceptors (Lipinski definition) is 5. The Hall–Kier alpha value is -2.05. The van der Waals surface area contributed by atoms with Crippen molar-refractivity contribution < 1.29 is 19.1 Å². The molecule has 5 nitrogen and oxygen atoms in total. The summed E-state index contributed by atoms with van der Waals surface area (Å²) in [5.41, 5.74) is 0.612. The first kappa shape index (κ1) is 18.3. The Morgan fingerprint density at radius 3 is 2.79 bits per heavy atom. The van der Waals surface area contributed by atoms with Crippen LogP contribution >= 0.6 is 22.9 Å². The minimum Gasteiger partial charge on any atom is -0.496 e. The molecule has 0 radical (unpaired) electrons. The number of hydrogen-bond donors (Lipinski definition) is 1. The zero-order valence-corrected chi connectivity index (χ0v) is 14.9. The van der Waals surface area contributed by atoms with Crippen molar-refractivity contribution in [3.8, 4) is 5.75 Å². The minimum absolute atomic E-state index is 0.0215. The molecule has 0 bridgehead atoms. The lowest BCUT2D eigenvalue weighted by atomic mass is 10.1. The van der Waals surface area contributed by atoms with Crippen molar-refractivity contribution in [2.24, 2.45) is 0 Å². The van der Waals surface area contributed by atoms with Crippen LogP contribution in [0.5, 0.6) is 5.75 Å². The molecule has 1 atom stereocenters. The van der Waals surface area contributed by atoms with Gasteiger partial charge in [-0.2, -0.15) is 0 Å². The maximum atomic E-state index is 12.0. The molecule has 2 rings (SSSR count). The number of benzene rings is 1. The van der Waals surface area contributed by atoms with Gasteiger partial charge in [0.15, 0.2) is 6.10 Å². The van der Waals surface area contributed by atoms with Gasteiger partial charge < -0.3 is 14.8 Å². The van der Waals surface area contributed by atoms with Crippen LogP contribution in [0.2, 0.25) is 5.02 Å². The Morgan fingerprint density at radius 2 is 2.12 bits per heavy atom. The summed E-state index contributed by atoms with van der Waals surface area (Å²) < 4.78 is 10.4. The number of esters is 1. The van der Waals surface area contributed by atoms with Crippen LogP contribution in [0.1, 0.15) is 17.4 Å². The topological polar surface area (TPSA) is 64.6 Å². The van der Waals surface area contributed by atoms with E-state index in [9.17, 15) is 9.59 Å². The SMILES string of the molecule is COc1ccc(Cl)cc1CC(=O)O[C@H](C)C(=O)NCc1cccs1. The van der Waals surface area contributed by atoms with Crippen molar-refractivity contribution in [3.63, 3.8) is 0 Å². The minimum atomic E-state index is -0.873. The smallest absolute Gasteiger partial charge is 0.311 e. The van der Waals surface area contributed by atoms with E-state index in [0.29, 0.717) is 22.9 Å². The van der Waals surface area contributed by atoms with Crippen molar-refractivity contribution in [2.45, 2.75) is 26.0 Å². The summed E-state index contributed by atoms with van der Waals surface area (Å²) >= 11 is 7.48. The normalized spacial score (nSPS) is 11.6. The fourth-order valence-corrected chi connectivity index (χ4v) is 2.90. The number of thiophene rings is 1. The van der Waals surface area contributed by atoms with Gasteiger partial charge in [-0.05, 0) is 36.6 Å². The molecule has 1 heterocycles. The highest BCUT2D eigenvalue weighted by molar-refractivity contribution is 7.09. The molecule has 128 valence electrons. The average molecular weight is 368 g/mol. The van der Waals surface area contributed by atoms with Gasteiger partial charge in [0.05, 0.1) is 20.1 Å². The molecule has 0 saturated carbocycles. The van der Waals surface area contributed by atoms with Crippen LogP contribution < -0.4 is 10.1 Å². The molecule has 7 heteroatoms. The second-order valence-corrected chi connectivity index (χ2v) is 6.53. The highest BCUT2D eigenvalue weighted by atomic mass is 35.5. The Balaban J connectivity index is 1.87. The Kier molecular flexibility index (Phi) is 6.63. The molecule has 0 saturated heterocycles. The van der Waals surface area contributed by atoms with E-state index >= 15 is 0 Å². The first-order valence-electron chi connectivity index (χ1n) is 7.31. The van der Waals surface area contributed by atoms with E-state index in [-0.39, 0.29) is 12.3 Å². The lowest BCUT2D eigenvalue weighted by molar-refractivity contribution is -0.154. The first-order chi connectivity index (χ1) is 11.5. The van der Waals surface area contributed by atoms with Gasteiger partial charge in [-0.1, -0.05) is 17.7 Å². The number of ether oxygens (including phenoxy) is 2. The van der Waals surface area contributed by atoms with Crippen LogP contribution in [0, 0.1) is 0 Å². The van der Waals surface area contributed by atoms with Gasteiger partial charge in [0.25, 0.3) is 5.91 Å². The predicted molar refractivity (Wildman–Crippen MR) is 93.4 cm³/mol. The molecule has 0 unspecified atom stereocenters. The van der Waals surface area contributed by atoms with Gasteiger partial charge in [0, 0.05) is 15.5 Å². The maximum Gasteiger partial charge on any atom is 0.311 e. The van der Waals surface area contributed by atoms with Crippen LogP contribution in [0.4, 0.5) is 0 Å². The third kappa shape index (κ3) is 5.25. The summed E-state index contributed by atoms with van der Waals surface area (Å²) in [6, 6.07) is 8.84. The summed E-state index contributed by atoms with van der Waals surface area (Å²) in [6.45, 7) is 1.96. The third-order valence-electron chi connectivity index (χ3n) is 3.27. The Morgan fingerprint density at radius 1 is 1.33 bits per heavy atom. The third-order valence-corrected chi connectivity index (χ3v) is 4.38. The number of carbonyl (C=O) groups excluding carboxylic acids is 2. The summed E-state index contributed by atoms with van der Waals surface area (Å²) in [6.07, 6.45) is -0.894. The van der Waals surface area contributed by atoms with Gasteiger partial charge in [-0.15, -0.1) is 11.3 Å². The Bertz CT molecular complexity index is 703. The van der Waals surface area contributed by atoms with Crippen LogP contribution in [0.3, 0.4) is 0 Å². The van der Waals surface area contributed by atoms with Gasteiger partial charge >= 0.3 is 5.97 Å². The van der Waals surface area contributed by atoms with E-state index in [1.807, 2.05) is 17.5 Å². The molecule has 0 aliphatic rings. The number of halogens is 1. The number of rotatable bonds is 7. The van der Waals surface area contributed by atoms with Crippen molar-refractivity contribution in [3.05, 3.63) is 51.2 Å². The molecule has 1 amide bonds. The van der Waals surface area contributed by atoms with Gasteiger partial charge in [0.1, 0.15) is 5.75 Å². The summed E-state index contributed by atoms with van der Waals surface area (Å²) in [4.78, 5) is 25.0. The molecule has 0 fully saturated rings. The number of nitrogens with one attached hydrogen (secondary N) is 1. The lowest BCUT2D eigenvalue weighted by Crippen LogP contribution is -2.35. The van der Waals surface area contributed by atoms with Gasteiger partial charge in [-0.25, -0.2) is 0 Å². The molecule has 0 aliphatic heterocycles. The molecule has 1 N–H and O–H groups in total. The zero-order valence-electron chi connectivity index (χ0n) is 13.4. The molecular weight excluding hydrogens is 350 g/mol. The largest absolute Gasteiger partial charge is 0.496 e. The highest BCUT2D eigenvalue weighted by Crippen LogP contribution is 2.23. The van der Waals surface area contributed by atoms with Crippen molar-refractivity contribution >= 4 is 34.8 Å². The molecule has 24 heavy (non-hydrogen) atoms. The fraction of sp³-hybridized carbons (Fsp3) is 0.294. The average Bonchev–Trinajstić information content (AvgIpc) is 3.06. The molecular formula is C17H18ClNO4S. The second-order valence-electron chi connectivity index (χ2n) is 5.06. The van der Waals surface area contributed by atoms with Crippen molar-refractivity contribution in [1.82, 2.24) is 5.32 Å². The molecule has 1 aromatic heterocycles. The van der Waals surface area contributed by atoms with Crippen LogP contribution in [0.25, 0.3) is 0 Å². The van der Waals surface area contributed by atoms with E-state index < -0.39 is 12.1 Å². The maximum absolute atomic E-state index is 12.0. The van der Waals surface area contributed by atoms with E-state index in [0.717, 1.165) is 4.88 Å². The summed E-state index contributed by atoms with van der Waals surface area (Å²) in [5, 5.41) is 5.17. The first-order valence-corrected chi connectivity index (χ1v) is 8.57. The standard InChI is InChI=1S/C17H18ClNO4S/c1-11(17(21)19-10-14-4-3-7-24-14)23-16(20)9-12-8-13(18)5-6-15(12)22-2/h3-8,11H,9-10H2,1-2H3,(H,19,21)/t11-/m1/s1. The van der Waals surface area contributed by atoms with Crippen molar-refractivity contribution in [2.75, 3.05) is 7.11 Å². The summed E-state index contributed by atoms with van der Waals surface area (Å²) in [7, 11) is 1.51. The van der Waals surface area contributed by atoms with E-state index in [1.165, 1.54) is 14.0 Å². The molecule has 0 aliphatic carbocycles. The van der Waals surface area contributed by atoms with E-state index in [2.05, 4.69) is 5.32 Å². The number of amides is 1. The quantitative estimate of drug-likeness (QED) is 0.763. The molecule has 2 aromatic rings.